The predicted octanol–water partition coefficient (Wildman–Crippen LogP) is 1.60. The van der Waals surface area contributed by atoms with E-state index in [1.165, 1.54) is 6.20 Å². The molecular weight excluding hydrogens is 148 g/mol. The van der Waals surface area contributed by atoms with Gasteiger partial charge in [0, 0.05) is 18.2 Å². The van der Waals surface area contributed by atoms with Crippen LogP contribution in [0.25, 0.3) is 0 Å². The fourth-order valence-electron chi connectivity index (χ4n) is 0.951. The smallest absolute Gasteiger partial charge is 0.0965 e. The first-order valence-corrected chi connectivity index (χ1v) is 3.71. The van der Waals surface area contributed by atoms with E-state index >= 15 is 0 Å². The summed E-state index contributed by atoms with van der Waals surface area (Å²) in [5, 5.41) is 8.59. The Hall–Kier alpha value is -1.75. The van der Waals surface area contributed by atoms with Crippen molar-refractivity contribution in [2.45, 2.75) is 6.42 Å². The molecule has 2 N–H and O–H groups in total. The first-order chi connectivity index (χ1) is 5.86. The quantitative estimate of drug-likeness (QED) is 0.664. The molecule has 1 aromatic carbocycles. The van der Waals surface area contributed by atoms with Crippen LogP contribution in [0.3, 0.4) is 0 Å². The number of nitrogens with two attached hydrogens (primary N) is 1. The molecule has 0 aliphatic carbocycles. The summed E-state index contributed by atoms with van der Waals surface area (Å²) in [7, 11) is 0. The molecule has 0 atom stereocenters. The van der Waals surface area contributed by atoms with Crippen molar-refractivity contribution in [2.75, 3.05) is 0 Å². The largest absolute Gasteiger partial charge is 0.404 e. The molecule has 12 heavy (non-hydrogen) atoms. The van der Waals surface area contributed by atoms with Crippen molar-refractivity contribution < 1.29 is 0 Å². The molecule has 0 bridgehead atoms. The maximum atomic E-state index is 8.59. The van der Waals surface area contributed by atoms with Gasteiger partial charge in [0.05, 0.1) is 6.07 Å². The van der Waals surface area contributed by atoms with Gasteiger partial charge < -0.3 is 5.73 Å². The molecule has 0 unspecified atom stereocenters. The minimum Gasteiger partial charge on any atom is -0.404 e. The van der Waals surface area contributed by atoms with Crippen molar-refractivity contribution in [3.8, 4) is 6.07 Å². The molecule has 0 aliphatic heterocycles. The van der Waals surface area contributed by atoms with E-state index in [-0.39, 0.29) is 0 Å². The Morgan fingerprint density at radius 3 is 2.58 bits per heavy atom. The molecule has 0 fully saturated rings. The first kappa shape index (κ1) is 8.35. The Kier molecular flexibility index (Phi) is 2.92. The monoisotopic (exact) mass is 158 g/mol. The summed E-state index contributed by atoms with van der Waals surface area (Å²) in [4.78, 5) is 0. The molecular formula is C10H10N2. The fourth-order valence-corrected chi connectivity index (χ4v) is 0.951. The molecule has 2 heteroatoms. The van der Waals surface area contributed by atoms with Gasteiger partial charge in [-0.15, -0.1) is 0 Å². The van der Waals surface area contributed by atoms with Crippen LogP contribution in [0, 0.1) is 11.3 Å². The van der Waals surface area contributed by atoms with Crippen LogP contribution in [0.5, 0.6) is 0 Å². The van der Waals surface area contributed by atoms with E-state index in [0.29, 0.717) is 12.0 Å². The number of hydrogen-bond donors (Lipinski definition) is 1. The van der Waals surface area contributed by atoms with Gasteiger partial charge in [-0.05, 0) is 5.56 Å². The molecule has 0 aromatic heterocycles. The van der Waals surface area contributed by atoms with Crippen LogP contribution < -0.4 is 5.73 Å². The van der Waals surface area contributed by atoms with E-state index in [1.807, 2.05) is 36.4 Å². The SMILES string of the molecule is N#C/C(=C/N)Cc1ccccc1. The summed E-state index contributed by atoms with van der Waals surface area (Å²) >= 11 is 0. The van der Waals surface area contributed by atoms with Crippen molar-refractivity contribution in [1.82, 2.24) is 0 Å². The van der Waals surface area contributed by atoms with E-state index < -0.39 is 0 Å². The lowest BCUT2D eigenvalue weighted by Crippen LogP contribution is -1.91. The molecule has 1 rings (SSSR count). The summed E-state index contributed by atoms with van der Waals surface area (Å²) in [6.07, 6.45) is 1.97. The molecule has 1 aromatic rings. The standard InChI is InChI=1S/C10H10N2/c11-7-10(8-12)6-9-4-2-1-3-5-9/h1-5,7H,6,11H2/b10-7+. The van der Waals surface area contributed by atoms with Crippen molar-refractivity contribution in [3.05, 3.63) is 47.7 Å². The van der Waals surface area contributed by atoms with Crippen LogP contribution in [0.1, 0.15) is 5.56 Å². The summed E-state index contributed by atoms with van der Waals surface area (Å²) in [6, 6.07) is 11.8. The maximum absolute atomic E-state index is 8.59. The van der Waals surface area contributed by atoms with Crippen molar-refractivity contribution in [1.29, 1.82) is 5.26 Å². The molecule has 0 saturated heterocycles. The van der Waals surface area contributed by atoms with Crippen LogP contribution in [0.15, 0.2) is 42.1 Å². The van der Waals surface area contributed by atoms with E-state index in [9.17, 15) is 0 Å². The normalized spacial score (nSPS) is 10.8. The Bertz CT molecular complexity index is 306. The third-order valence-corrected chi connectivity index (χ3v) is 1.58. The molecule has 60 valence electrons. The Morgan fingerprint density at radius 2 is 2.08 bits per heavy atom. The zero-order chi connectivity index (χ0) is 8.81. The highest BCUT2D eigenvalue weighted by atomic mass is 14.5. The van der Waals surface area contributed by atoms with Gasteiger partial charge in [-0.2, -0.15) is 5.26 Å². The van der Waals surface area contributed by atoms with Crippen molar-refractivity contribution in [2.24, 2.45) is 5.73 Å². The van der Waals surface area contributed by atoms with Gasteiger partial charge in [-0.1, -0.05) is 30.3 Å². The Labute approximate surface area is 71.9 Å². The van der Waals surface area contributed by atoms with E-state index in [0.717, 1.165) is 5.56 Å². The summed E-state index contributed by atoms with van der Waals surface area (Å²) in [5.41, 5.74) is 6.95. The third-order valence-electron chi connectivity index (χ3n) is 1.58. The second kappa shape index (κ2) is 4.20. The first-order valence-electron chi connectivity index (χ1n) is 3.71. The lowest BCUT2D eigenvalue weighted by molar-refractivity contribution is 1.18. The van der Waals surface area contributed by atoms with Crippen LogP contribution >= 0.6 is 0 Å². The predicted molar refractivity (Wildman–Crippen MR) is 48.0 cm³/mol. The number of hydrogen-bond acceptors (Lipinski definition) is 2. The highest BCUT2D eigenvalue weighted by Gasteiger charge is 1.95. The van der Waals surface area contributed by atoms with Crippen LogP contribution in [-0.2, 0) is 6.42 Å². The van der Waals surface area contributed by atoms with Crippen LogP contribution in [0.4, 0.5) is 0 Å². The van der Waals surface area contributed by atoms with Crippen molar-refractivity contribution in [3.63, 3.8) is 0 Å². The second-order valence-electron chi connectivity index (χ2n) is 2.47. The second-order valence-corrected chi connectivity index (χ2v) is 2.47. The average molecular weight is 158 g/mol. The number of allylic oxidation sites excluding steroid dienone is 1. The third kappa shape index (κ3) is 2.14. The Balaban J connectivity index is 2.72. The zero-order valence-electron chi connectivity index (χ0n) is 6.70. The fraction of sp³-hybridized carbons (Fsp3) is 0.100. The highest BCUT2D eigenvalue weighted by molar-refractivity contribution is 5.28. The minimum absolute atomic E-state index is 0.598. The lowest BCUT2D eigenvalue weighted by atomic mass is 10.1. The van der Waals surface area contributed by atoms with Crippen molar-refractivity contribution >= 4 is 0 Å². The zero-order valence-corrected chi connectivity index (χ0v) is 6.70. The van der Waals surface area contributed by atoms with Gasteiger partial charge >= 0.3 is 0 Å². The topological polar surface area (TPSA) is 49.8 Å². The molecule has 0 saturated carbocycles. The number of nitriles is 1. The average Bonchev–Trinajstić information content (AvgIpc) is 2.16. The molecule has 0 heterocycles. The lowest BCUT2D eigenvalue weighted by Gasteiger charge is -1.96. The summed E-state index contributed by atoms with van der Waals surface area (Å²) in [6.45, 7) is 0. The highest BCUT2D eigenvalue weighted by Crippen LogP contribution is 2.05. The van der Waals surface area contributed by atoms with E-state index in [4.69, 9.17) is 11.0 Å². The van der Waals surface area contributed by atoms with Gasteiger partial charge in [0.2, 0.25) is 0 Å². The number of nitrogens with zero attached hydrogens (tertiary/aromatic N) is 1. The van der Waals surface area contributed by atoms with Gasteiger partial charge in [0.15, 0.2) is 0 Å². The van der Waals surface area contributed by atoms with E-state index in [1.54, 1.807) is 0 Å². The van der Waals surface area contributed by atoms with Crippen LogP contribution in [-0.4, -0.2) is 0 Å². The number of rotatable bonds is 2. The Morgan fingerprint density at radius 1 is 1.42 bits per heavy atom. The molecule has 0 radical (unpaired) electrons. The molecule has 0 spiro atoms. The van der Waals surface area contributed by atoms with Gasteiger partial charge in [0.25, 0.3) is 0 Å². The summed E-state index contributed by atoms with van der Waals surface area (Å²) in [5.74, 6) is 0. The minimum atomic E-state index is 0.598. The van der Waals surface area contributed by atoms with E-state index in [2.05, 4.69) is 0 Å². The van der Waals surface area contributed by atoms with Gasteiger partial charge in [-0.3, -0.25) is 0 Å². The molecule has 2 nitrogen and oxygen atoms in total. The van der Waals surface area contributed by atoms with Gasteiger partial charge in [-0.25, -0.2) is 0 Å². The van der Waals surface area contributed by atoms with Gasteiger partial charge in [0.1, 0.15) is 0 Å². The molecule has 0 amide bonds. The van der Waals surface area contributed by atoms with Crippen LogP contribution in [0.2, 0.25) is 0 Å². The maximum Gasteiger partial charge on any atom is 0.0965 e. The molecule has 0 aliphatic rings. The summed E-state index contributed by atoms with van der Waals surface area (Å²) < 4.78 is 0. The number of benzene rings is 1.